The largest absolute Gasteiger partial charge is 0.490 e. The molecular weight excluding hydrogens is 386 g/mol. The Kier molecular flexibility index (Phi) is 8.69. The third-order valence-electron chi connectivity index (χ3n) is 3.88. The van der Waals surface area contributed by atoms with E-state index in [9.17, 15) is 18.4 Å². The number of hydrogen-bond donors (Lipinski definition) is 1. The number of carbonyl (C=O) groups excluding carboxylic acids is 1. The highest BCUT2D eigenvalue weighted by Gasteiger charge is 2.23. The van der Waals surface area contributed by atoms with Gasteiger partial charge in [0.25, 0.3) is 0 Å². The van der Waals surface area contributed by atoms with Crippen LogP contribution in [0, 0.1) is 11.6 Å². The Morgan fingerprint density at radius 2 is 1.45 bits per heavy atom. The summed E-state index contributed by atoms with van der Waals surface area (Å²) in [5.41, 5.74) is -0.578. The van der Waals surface area contributed by atoms with Gasteiger partial charge in [-0.05, 0) is 30.7 Å². The van der Waals surface area contributed by atoms with Crippen molar-refractivity contribution in [3.8, 4) is 5.75 Å². The van der Waals surface area contributed by atoms with Crippen LogP contribution in [0.1, 0.15) is 39.6 Å². The second-order valence-electron chi connectivity index (χ2n) is 6.02. The van der Waals surface area contributed by atoms with E-state index in [4.69, 9.17) is 19.3 Å². The van der Waals surface area contributed by atoms with Gasteiger partial charge < -0.3 is 19.3 Å². The van der Waals surface area contributed by atoms with E-state index in [0.29, 0.717) is 19.8 Å². The van der Waals surface area contributed by atoms with Gasteiger partial charge in [0.2, 0.25) is 0 Å². The smallest absolute Gasteiger partial charge is 0.335 e. The molecule has 2 aromatic rings. The Morgan fingerprint density at radius 3 is 2.07 bits per heavy atom. The molecule has 0 amide bonds. The number of ketones is 1. The second kappa shape index (κ2) is 11.2. The predicted octanol–water partition coefficient (Wildman–Crippen LogP) is 3.72. The molecule has 0 atom stereocenters. The lowest BCUT2D eigenvalue weighted by Crippen LogP contribution is -2.14. The van der Waals surface area contributed by atoms with Crippen molar-refractivity contribution in [1.29, 1.82) is 0 Å². The highest BCUT2D eigenvalue weighted by molar-refractivity contribution is 6.11. The maximum absolute atomic E-state index is 14.3. The van der Waals surface area contributed by atoms with Crippen LogP contribution in [0.15, 0.2) is 36.4 Å². The maximum Gasteiger partial charge on any atom is 0.335 e. The number of benzene rings is 2. The minimum absolute atomic E-state index is 0.00803. The van der Waals surface area contributed by atoms with E-state index in [1.807, 2.05) is 6.92 Å². The summed E-state index contributed by atoms with van der Waals surface area (Å²) in [5.74, 6) is -4.62. The molecule has 0 bridgehead atoms. The summed E-state index contributed by atoms with van der Waals surface area (Å²) in [7, 11) is 0. The van der Waals surface area contributed by atoms with Crippen LogP contribution in [0.4, 0.5) is 8.78 Å². The fourth-order valence-corrected chi connectivity index (χ4v) is 2.45. The van der Waals surface area contributed by atoms with Gasteiger partial charge in [-0.15, -0.1) is 0 Å². The molecule has 2 rings (SSSR count). The minimum atomic E-state index is -1.33. The first-order valence-corrected chi connectivity index (χ1v) is 9.10. The van der Waals surface area contributed by atoms with Crippen LogP contribution in [0.5, 0.6) is 5.75 Å². The summed E-state index contributed by atoms with van der Waals surface area (Å²) >= 11 is 0. The molecule has 0 spiro atoms. The number of aromatic carboxylic acids is 1. The Bertz CT molecular complexity index is 836. The number of rotatable bonds is 12. The molecule has 0 heterocycles. The van der Waals surface area contributed by atoms with Crippen molar-refractivity contribution in [2.75, 3.05) is 33.0 Å². The number of carboxylic acid groups (broad SMARTS) is 1. The van der Waals surface area contributed by atoms with E-state index in [1.54, 1.807) is 0 Å². The second-order valence-corrected chi connectivity index (χ2v) is 6.02. The quantitative estimate of drug-likeness (QED) is 0.426. The van der Waals surface area contributed by atoms with Crippen LogP contribution >= 0.6 is 0 Å². The number of carbonyl (C=O) groups is 2. The van der Waals surface area contributed by atoms with E-state index in [1.165, 1.54) is 30.3 Å². The summed E-state index contributed by atoms with van der Waals surface area (Å²) < 4.78 is 44.0. The molecule has 156 valence electrons. The van der Waals surface area contributed by atoms with Crippen molar-refractivity contribution in [3.63, 3.8) is 0 Å². The van der Waals surface area contributed by atoms with Crippen molar-refractivity contribution in [3.05, 3.63) is 64.7 Å². The highest BCUT2D eigenvalue weighted by Crippen LogP contribution is 2.27. The summed E-state index contributed by atoms with van der Waals surface area (Å²) in [4.78, 5) is 23.6. The molecule has 0 saturated carbocycles. The molecular formula is C21H22F2O6. The van der Waals surface area contributed by atoms with Gasteiger partial charge in [-0.1, -0.05) is 19.1 Å². The predicted molar refractivity (Wildman–Crippen MR) is 101 cm³/mol. The highest BCUT2D eigenvalue weighted by atomic mass is 19.2. The van der Waals surface area contributed by atoms with E-state index < -0.39 is 29.0 Å². The molecule has 0 radical (unpaired) electrons. The van der Waals surface area contributed by atoms with Crippen molar-refractivity contribution in [2.45, 2.75) is 13.3 Å². The molecule has 0 aliphatic heterocycles. The number of hydrogen-bond acceptors (Lipinski definition) is 5. The van der Waals surface area contributed by atoms with Gasteiger partial charge in [0.05, 0.1) is 25.4 Å². The zero-order valence-corrected chi connectivity index (χ0v) is 16.0. The monoisotopic (exact) mass is 408 g/mol. The number of halogens is 2. The maximum atomic E-state index is 14.3. The number of ether oxygens (including phenoxy) is 3. The van der Waals surface area contributed by atoms with Gasteiger partial charge in [0.1, 0.15) is 17.9 Å². The van der Waals surface area contributed by atoms with Gasteiger partial charge in [-0.25, -0.2) is 13.6 Å². The van der Waals surface area contributed by atoms with Crippen molar-refractivity contribution < 1.29 is 37.7 Å². The zero-order chi connectivity index (χ0) is 21.2. The zero-order valence-electron chi connectivity index (χ0n) is 16.0. The van der Waals surface area contributed by atoms with Gasteiger partial charge in [0, 0.05) is 12.2 Å². The molecule has 0 fully saturated rings. The van der Waals surface area contributed by atoms with Gasteiger partial charge in [-0.2, -0.15) is 0 Å². The Labute approximate surface area is 167 Å². The summed E-state index contributed by atoms with van der Waals surface area (Å²) in [5, 5.41) is 8.92. The average molecular weight is 408 g/mol. The Hall–Kier alpha value is -2.84. The lowest BCUT2D eigenvalue weighted by molar-refractivity contribution is 0.0364. The molecule has 0 aliphatic rings. The van der Waals surface area contributed by atoms with Crippen LogP contribution in [0.3, 0.4) is 0 Å². The van der Waals surface area contributed by atoms with Gasteiger partial charge >= 0.3 is 5.97 Å². The first-order valence-electron chi connectivity index (χ1n) is 9.10. The standard InChI is InChI=1S/C21H22F2O6/c1-2-9-27-10-11-28-12-13-29-17-8-7-16(22)19(23)18(17)20(24)14-3-5-15(6-4-14)21(25)26/h3-8H,2,9-13H2,1H3,(H,25,26). The van der Waals surface area contributed by atoms with Crippen molar-refractivity contribution in [2.24, 2.45) is 0 Å². The fraction of sp³-hybridized carbons (Fsp3) is 0.333. The molecule has 0 aliphatic carbocycles. The summed E-state index contributed by atoms with van der Waals surface area (Å²) in [6.45, 7) is 3.65. The van der Waals surface area contributed by atoms with Gasteiger partial charge in [-0.3, -0.25) is 4.79 Å². The Morgan fingerprint density at radius 1 is 0.862 bits per heavy atom. The molecule has 6 nitrogen and oxygen atoms in total. The van der Waals surface area contributed by atoms with Gasteiger partial charge in [0.15, 0.2) is 17.4 Å². The van der Waals surface area contributed by atoms with Crippen LogP contribution in [0.25, 0.3) is 0 Å². The normalized spacial score (nSPS) is 10.7. The van der Waals surface area contributed by atoms with E-state index >= 15 is 0 Å². The average Bonchev–Trinajstić information content (AvgIpc) is 2.72. The molecule has 29 heavy (non-hydrogen) atoms. The first kappa shape index (κ1) is 22.4. The molecule has 0 unspecified atom stereocenters. The lowest BCUT2D eigenvalue weighted by atomic mass is 10.0. The topological polar surface area (TPSA) is 82.1 Å². The molecule has 0 aromatic heterocycles. The summed E-state index contributed by atoms with van der Waals surface area (Å²) in [6, 6.07) is 6.93. The van der Waals surface area contributed by atoms with Crippen LogP contribution < -0.4 is 4.74 Å². The van der Waals surface area contributed by atoms with Crippen LogP contribution in [0.2, 0.25) is 0 Å². The fourth-order valence-electron chi connectivity index (χ4n) is 2.45. The van der Waals surface area contributed by atoms with E-state index in [0.717, 1.165) is 12.5 Å². The van der Waals surface area contributed by atoms with E-state index in [-0.39, 0.29) is 30.1 Å². The SMILES string of the molecule is CCCOCCOCCOc1ccc(F)c(F)c1C(=O)c1ccc(C(=O)O)cc1. The first-order chi connectivity index (χ1) is 14.0. The van der Waals surface area contributed by atoms with E-state index in [2.05, 4.69) is 0 Å². The molecule has 8 heteroatoms. The number of carboxylic acids is 1. The minimum Gasteiger partial charge on any atom is -0.490 e. The molecule has 0 saturated heterocycles. The molecule has 1 N–H and O–H groups in total. The van der Waals surface area contributed by atoms with Crippen LogP contribution in [-0.2, 0) is 9.47 Å². The van der Waals surface area contributed by atoms with Crippen molar-refractivity contribution in [1.82, 2.24) is 0 Å². The van der Waals surface area contributed by atoms with Crippen LogP contribution in [-0.4, -0.2) is 49.9 Å². The molecule has 2 aromatic carbocycles. The third-order valence-corrected chi connectivity index (χ3v) is 3.88. The third kappa shape index (κ3) is 6.33. The van der Waals surface area contributed by atoms with Crippen molar-refractivity contribution >= 4 is 11.8 Å². The Balaban J connectivity index is 2.06. The lowest BCUT2D eigenvalue weighted by Gasteiger charge is -2.13. The summed E-state index contributed by atoms with van der Waals surface area (Å²) in [6.07, 6.45) is 0.912.